The molecular weight excluding hydrogens is 849 g/mol. The topological polar surface area (TPSA) is 62.5 Å². The lowest BCUT2D eigenvalue weighted by Crippen LogP contribution is -2.55. The fourth-order valence-electron chi connectivity index (χ4n) is 12.9. The normalized spacial score (nSPS) is 20.0. The number of nitriles is 1. The number of hydrogen-bond donors (Lipinski definition) is 0. The van der Waals surface area contributed by atoms with Gasteiger partial charge in [0, 0.05) is 16.7 Å². The van der Waals surface area contributed by atoms with E-state index in [0.717, 1.165) is 50.6 Å². The molecule has 4 saturated carbocycles. The Morgan fingerprint density at radius 2 is 0.671 bits per heavy atom. The molecule has 4 aliphatic rings. The van der Waals surface area contributed by atoms with Crippen molar-refractivity contribution in [3.05, 3.63) is 235 Å². The summed E-state index contributed by atoms with van der Waals surface area (Å²) in [5.41, 5.74) is 16.5. The summed E-state index contributed by atoms with van der Waals surface area (Å²) in [5, 5.41) is 11.6. The summed E-state index contributed by atoms with van der Waals surface area (Å²) in [6.45, 7) is 0. The average molecular weight is 899 g/mol. The van der Waals surface area contributed by atoms with Crippen LogP contribution in [0.15, 0.2) is 218 Å². The Hall–Kier alpha value is -8.26. The first-order valence-corrected chi connectivity index (χ1v) is 24.8. The molecule has 4 fully saturated rings. The molecule has 4 nitrogen and oxygen atoms in total. The van der Waals surface area contributed by atoms with Gasteiger partial charge in [-0.05, 0) is 152 Å². The van der Waals surface area contributed by atoms with E-state index in [1.165, 1.54) is 82.9 Å². The highest BCUT2D eigenvalue weighted by atomic mass is 15.0. The van der Waals surface area contributed by atoms with Gasteiger partial charge in [0.15, 0.2) is 17.5 Å². The predicted octanol–water partition coefficient (Wildman–Crippen LogP) is 16.4. The molecule has 0 N–H and O–H groups in total. The first kappa shape index (κ1) is 41.9. The molecule has 0 spiro atoms. The quantitative estimate of drug-likeness (QED) is 0.145. The SMILES string of the molecule is N#Cc1ccc(-c2ccc(C34CC5CC(C3)CC(c3ccc(-c6ccc7cc(-c8nc(-c9ccc(-c%10ccccc%10)cc9)nc(-c9ccc(-c%10ccccc%10)cc9)n8)ccc7c6)cc3)(C5)C4)cc2)cc1. The molecule has 0 radical (unpaired) electrons. The summed E-state index contributed by atoms with van der Waals surface area (Å²) in [6.07, 6.45) is 7.83. The Kier molecular flexibility index (Phi) is 10.2. The van der Waals surface area contributed by atoms with Crippen LogP contribution in [-0.2, 0) is 10.8 Å². The van der Waals surface area contributed by atoms with Crippen LogP contribution in [0.25, 0.3) is 89.4 Å². The third kappa shape index (κ3) is 7.69. The van der Waals surface area contributed by atoms with Gasteiger partial charge in [0.2, 0.25) is 0 Å². The molecule has 4 heteroatoms. The van der Waals surface area contributed by atoms with Crippen molar-refractivity contribution in [3.8, 4) is 84.7 Å². The highest BCUT2D eigenvalue weighted by molar-refractivity contribution is 5.90. The molecular formula is C66H50N4. The van der Waals surface area contributed by atoms with Crippen LogP contribution in [0.4, 0.5) is 0 Å². The van der Waals surface area contributed by atoms with Gasteiger partial charge in [-0.2, -0.15) is 5.26 Å². The molecule has 0 aliphatic heterocycles. The van der Waals surface area contributed by atoms with Crippen molar-refractivity contribution in [2.45, 2.75) is 49.4 Å². The van der Waals surface area contributed by atoms with Crippen LogP contribution >= 0.6 is 0 Å². The van der Waals surface area contributed by atoms with Crippen LogP contribution in [0, 0.1) is 23.2 Å². The smallest absolute Gasteiger partial charge is 0.164 e. The van der Waals surface area contributed by atoms with Crippen molar-refractivity contribution in [2.75, 3.05) is 0 Å². The Labute approximate surface area is 410 Å². The predicted molar refractivity (Wildman–Crippen MR) is 285 cm³/mol. The molecule has 1 heterocycles. The van der Waals surface area contributed by atoms with E-state index in [0.29, 0.717) is 23.0 Å². The van der Waals surface area contributed by atoms with Gasteiger partial charge in [-0.1, -0.05) is 194 Å². The Morgan fingerprint density at radius 3 is 1.11 bits per heavy atom. The van der Waals surface area contributed by atoms with E-state index in [4.69, 9.17) is 15.0 Å². The van der Waals surface area contributed by atoms with Crippen molar-refractivity contribution in [3.63, 3.8) is 0 Å². The van der Waals surface area contributed by atoms with Gasteiger partial charge < -0.3 is 0 Å². The summed E-state index contributed by atoms with van der Waals surface area (Å²) in [7, 11) is 0. The minimum atomic E-state index is 0.222. The van der Waals surface area contributed by atoms with Gasteiger partial charge >= 0.3 is 0 Å². The van der Waals surface area contributed by atoms with E-state index in [1.807, 2.05) is 24.3 Å². The lowest BCUT2D eigenvalue weighted by Gasteiger charge is -2.63. The summed E-state index contributed by atoms with van der Waals surface area (Å²) in [5.74, 6) is 3.48. The maximum Gasteiger partial charge on any atom is 0.164 e. The molecule has 0 saturated heterocycles. The van der Waals surface area contributed by atoms with Crippen molar-refractivity contribution in [1.29, 1.82) is 5.26 Å². The highest BCUT2D eigenvalue weighted by Gasteiger charge is 2.58. The fraction of sp³-hybridized carbons (Fsp3) is 0.152. The molecule has 2 unspecified atom stereocenters. The third-order valence-electron chi connectivity index (χ3n) is 16.0. The molecule has 334 valence electrons. The maximum atomic E-state index is 9.28. The minimum absolute atomic E-state index is 0.222. The lowest BCUT2D eigenvalue weighted by molar-refractivity contribution is -0.0281. The highest BCUT2D eigenvalue weighted by Crippen LogP contribution is 2.66. The maximum absolute atomic E-state index is 9.28. The van der Waals surface area contributed by atoms with E-state index >= 15 is 0 Å². The van der Waals surface area contributed by atoms with Crippen LogP contribution in [0.5, 0.6) is 0 Å². The second-order valence-corrected chi connectivity index (χ2v) is 20.3. The molecule has 9 aromatic carbocycles. The summed E-state index contributed by atoms with van der Waals surface area (Å²) < 4.78 is 0. The number of hydrogen-bond acceptors (Lipinski definition) is 4. The first-order valence-electron chi connectivity index (χ1n) is 24.8. The average Bonchev–Trinajstić information content (AvgIpc) is 3.43. The van der Waals surface area contributed by atoms with E-state index < -0.39 is 0 Å². The molecule has 70 heavy (non-hydrogen) atoms. The molecule has 4 aliphatic carbocycles. The van der Waals surface area contributed by atoms with E-state index in [1.54, 1.807) is 0 Å². The van der Waals surface area contributed by atoms with Crippen LogP contribution in [0.2, 0.25) is 0 Å². The van der Waals surface area contributed by atoms with Crippen LogP contribution in [0.1, 0.15) is 55.2 Å². The molecule has 0 amide bonds. The van der Waals surface area contributed by atoms with Gasteiger partial charge in [-0.25, -0.2) is 15.0 Å². The number of benzene rings is 9. The lowest BCUT2D eigenvalue weighted by atomic mass is 9.41. The van der Waals surface area contributed by atoms with Crippen LogP contribution < -0.4 is 0 Å². The van der Waals surface area contributed by atoms with Crippen molar-refractivity contribution in [1.82, 2.24) is 15.0 Å². The van der Waals surface area contributed by atoms with Crippen molar-refractivity contribution < 1.29 is 0 Å². The van der Waals surface area contributed by atoms with Gasteiger partial charge in [-0.15, -0.1) is 0 Å². The molecule has 10 aromatic rings. The van der Waals surface area contributed by atoms with Crippen molar-refractivity contribution >= 4 is 10.8 Å². The standard InChI is InChI=1S/C66H50N4/c67-42-44-11-13-49(14-12-44)52-27-31-60(32-28-52)65-38-45-35-46(39-65)41-66(40-45,43-65)61-33-29-53(30-34-61)56-23-24-58-37-59(26-25-57(58)36-56)64-69-62(54-19-15-50(16-20-54)47-7-3-1-4-8-47)68-63(70-64)55-21-17-51(18-22-55)48-9-5-2-6-10-48/h1-34,36-37,45-46H,35,38-41,43H2. The monoisotopic (exact) mass is 898 g/mol. The van der Waals surface area contributed by atoms with Gasteiger partial charge in [0.25, 0.3) is 0 Å². The molecule has 4 bridgehead atoms. The largest absolute Gasteiger partial charge is 0.208 e. The van der Waals surface area contributed by atoms with E-state index in [-0.39, 0.29) is 10.8 Å². The summed E-state index contributed by atoms with van der Waals surface area (Å²) in [6, 6.07) is 80.6. The second-order valence-electron chi connectivity index (χ2n) is 20.3. The van der Waals surface area contributed by atoms with E-state index in [9.17, 15) is 5.26 Å². The van der Waals surface area contributed by atoms with Crippen LogP contribution in [-0.4, -0.2) is 15.0 Å². The third-order valence-corrected chi connectivity index (χ3v) is 16.0. The molecule has 2 atom stereocenters. The van der Waals surface area contributed by atoms with E-state index in [2.05, 4.69) is 200 Å². The molecule has 1 aromatic heterocycles. The minimum Gasteiger partial charge on any atom is -0.208 e. The number of fused-ring (bicyclic) bond motifs is 1. The number of rotatable bonds is 9. The zero-order valence-electron chi connectivity index (χ0n) is 39.0. The zero-order chi connectivity index (χ0) is 46.7. The van der Waals surface area contributed by atoms with Gasteiger partial charge in [0.1, 0.15) is 0 Å². The molecule has 14 rings (SSSR count). The Balaban J connectivity index is 0.781. The second kappa shape index (κ2) is 17.1. The number of nitrogens with zero attached hydrogens (tertiary/aromatic N) is 4. The van der Waals surface area contributed by atoms with Crippen LogP contribution in [0.3, 0.4) is 0 Å². The summed E-state index contributed by atoms with van der Waals surface area (Å²) >= 11 is 0. The van der Waals surface area contributed by atoms with Gasteiger partial charge in [-0.3, -0.25) is 0 Å². The zero-order valence-corrected chi connectivity index (χ0v) is 39.0. The Bertz CT molecular complexity index is 3460. The number of aromatic nitrogens is 3. The fourth-order valence-corrected chi connectivity index (χ4v) is 12.9. The van der Waals surface area contributed by atoms with Gasteiger partial charge in [0.05, 0.1) is 11.6 Å². The van der Waals surface area contributed by atoms with Crippen molar-refractivity contribution in [2.24, 2.45) is 11.8 Å². The summed E-state index contributed by atoms with van der Waals surface area (Å²) in [4.78, 5) is 15.3. The Morgan fingerprint density at radius 1 is 0.343 bits per heavy atom. The first-order chi connectivity index (χ1) is 34.4.